The molecule has 1 aliphatic heterocycles. The number of hydrogen-bond acceptors (Lipinski definition) is 7. The number of nitrogens with zero attached hydrogens (tertiary/aromatic N) is 1. The van der Waals surface area contributed by atoms with Gasteiger partial charge < -0.3 is 19.9 Å². The Morgan fingerprint density at radius 2 is 1.87 bits per heavy atom. The van der Waals surface area contributed by atoms with Crippen LogP contribution in [0.25, 0.3) is 0 Å². The third kappa shape index (κ3) is 5.44. The quantitative estimate of drug-likeness (QED) is 0.271. The van der Waals surface area contributed by atoms with E-state index >= 15 is 0 Å². The van der Waals surface area contributed by atoms with Gasteiger partial charge in [-0.15, -0.1) is 0 Å². The minimum atomic E-state index is -1.23. The van der Waals surface area contributed by atoms with Crippen molar-refractivity contribution in [2.24, 2.45) is 5.92 Å². The first-order valence-electron chi connectivity index (χ1n) is 9.54. The molecule has 0 radical (unpaired) electrons. The Labute approximate surface area is 174 Å². The number of benzene rings is 1. The molecule has 2 rings (SSSR count). The molecule has 1 aromatic carbocycles. The number of carbonyl (C=O) groups excluding carboxylic acids is 1. The van der Waals surface area contributed by atoms with Crippen LogP contribution in [0.1, 0.15) is 39.2 Å². The predicted molar refractivity (Wildman–Crippen MR) is 109 cm³/mol. The van der Waals surface area contributed by atoms with E-state index in [0.717, 1.165) is 0 Å². The number of hydrogen-bond donors (Lipinski definition) is 2. The summed E-state index contributed by atoms with van der Waals surface area (Å²) >= 11 is 0. The molecule has 30 heavy (non-hydrogen) atoms. The number of aliphatic carboxylic acids is 1. The van der Waals surface area contributed by atoms with Gasteiger partial charge in [0, 0.05) is 30.1 Å². The number of dihydropyridines is 1. The van der Waals surface area contributed by atoms with Gasteiger partial charge >= 0.3 is 11.9 Å². The van der Waals surface area contributed by atoms with E-state index in [1.165, 1.54) is 18.2 Å². The zero-order chi connectivity index (χ0) is 22.4. The van der Waals surface area contributed by atoms with Gasteiger partial charge in [-0.3, -0.25) is 10.1 Å². The van der Waals surface area contributed by atoms with E-state index in [1.807, 2.05) is 13.8 Å². The van der Waals surface area contributed by atoms with Gasteiger partial charge in [0.05, 0.1) is 28.6 Å². The lowest BCUT2D eigenvalue weighted by atomic mass is 9.80. The van der Waals surface area contributed by atoms with Gasteiger partial charge in [0.2, 0.25) is 0 Å². The zero-order valence-corrected chi connectivity index (χ0v) is 17.4. The van der Waals surface area contributed by atoms with Crippen LogP contribution in [0.2, 0.25) is 0 Å². The number of non-ortho nitro benzene ring substituents is 1. The van der Waals surface area contributed by atoms with Crippen LogP contribution in [0.5, 0.6) is 0 Å². The normalized spacial score (nSPS) is 16.5. The van der Waals surface area contributed by atoms with E-state index in [4.69, 9.17) is 9.47 Å². The van der Waals surface area contributed by atoms with Crippen LogP contribution in [-0.4, -0.2) is 41.8 Å². The topological polar surface area (TPSA) is 128 Å². The number of esters is 1. The molecule has 0 saturated heterocycles. The van der Waals surface area contributed by atoms with E-state index in [2.05, 4.69) is 5.32 Å². The fraction of sp³-hybridized carbons (Fsp3) is 0.429. The Hall–Kier alpha value is -3.20. The maximum atomic E-state index is 12.9. The van der Waals surface area contributed by atoms with Gasteiger partial charge in [0.25, 0.3) is 5.69 Å². The van der Waals surface area contributed by atoms with Crippen molar-refractivity contribution in [3.8, 4) is 0 Å². The second-order valence-corrected chi connectivity index (χ2v) is 7.40. The van der Waals surface area contributed by atoms with Gasteiger partial charge in [-0.25, -0.2) is 9.59 Å². The van der Waals surface area contributed by atoms with Crippen LogP contribution >= 0.6 is 0 Å². The fourth-order valence-corrected chi connectivity index (χ4v) is 3.29. The molecule has 0 saturated carbocycles. The Morgan fingerprint density at radius 1 is 1.20 bits per heavy atom. The molecule has 9 nitrogen and oxygen atoms in total. The summed E-state index contributed by atoms with van der Waals surface area (Å²) in [5.74, 6) is -2.59. The van der Waals surface area contributed by atoms with Gasteiger partial charge in [0.1, 0.15) is 6.61 Å². The molecule has 2 N–H and O–H groups in total. The Bertz CT molecular complexity index is 902. The zero-order valence-electron chi connectivity index (χ0n) is 17.4. The lowest BCUT2D eigenvalue weighted by Crippen LogP contribution is -2.32. The third-order valence-electron chi connectivity index (χ3n) is 4.54. The van der Waals surface area contributed by atoms with E-state index in [9.17, 15) is 24.8 Å². The molecule has 0 bridgehead atoms. The summed E-state index contributed by atoms with van der Waals surface area (Å²) in [6, 6.07) is 5.61. The van der Waals surface area contributed by atoms with Crippen LogP contribution in [0.4, 0.5) is 5.69 Å². The number of nitro benzene ring substituents is 1. The van der Waals surface area contributed by atoms with Crippen molar-refractivity contribution in [2.75, 3.05) is 19.8 Å². The average Bonchev–Trinajstić information content (AvgIpc) is 2.66. The molecule has 9 heteroatoms. The molecular weight excluding hydrogens is 392 g/mol. The number of rotatable bonds is 9. The van der Waals surface area contributed by atoms with Crippen molar-refractivity contribution < 1.29 is 29.1 Å². The molecule has 1 unspecified atom stereocenters. The van der Waals surface area contributed by atoms with E-state index in [0.29, 0.717) is 29.5 Å². The number of carbonyl (C=O) groups is 2. The monoisotopic (exact) mass is 418 g/mol. The second kappa shape index (κ2) is 10.0. The molecule has 162 valence electrons. The highest BCUT2D eigenvalue weighted by Gasteiger charge is 2.37. The van der Waals surface area contributed by atoms with Crippen LogP contribution < -0.4 is 5.32 Å². The highest BCUT2D eigenvalue weighted by atomic mass is 16.6. The second-order valence-electron chi connectivity index (χ2n) is 7.40. The minimum Gasteiger partial charge on any atom is -0.478 e. The van der Waals surface area contributed by atoms with Crippen molar-refractivity contribution >= 4 is 17.6 Å². The molecule has 0 fully saturated rings. The standard InChI is InChI=1S/C21H26N2O7/c1-12(2)11-29-8-9-30-21(26)18-14(4)22-13(3)17(20(24)25)19(18)15-6-5-7-16(10-15)23(27)28/h5-7,10,12,19,22H,8-9,11H2,1-4H3,(H,24,25). The molecular formula is C21H26N2O7. The smallest absolute Gasteiger partial charge is 0.336 e. The summed E-state index contributed by atoms with van der Waals surface area (Å²) in [6.07, 6.45) is 0. The number of nitrogens with one attached hydrogen (secondary N) is 1. The lowest BCUT2D eigenvalue weighted by Gasteiger charge is -2.29. The van der Waals surface area contributed by atoms with Crippen molar-refractivity contribution in [3.63, 3.8) is 0 Å². The first kappa shape index (κ1) is 23.1. The molecule has 1 atom stereocenters. The molecule has 0 amide bonds. The van der Waals surface area contributed by atoms with Crippen LogP contribution in [0.15, 0.2) is 46.8 Å². The first-order valence-corrected chi connectivity index (χ1v) is 9.54. The number of nitro groups is 1. The van der Waals surface area contributed by atoms with Gasteiger partial charge in [0.15, 0.2) is 0 Å². The SMILES string of the molecule is CC1=C(C(=O)O)C(c2cccc([N+](=O)[O-])c2)C(C(=O)OCCOCC(C)C)=C(C)N1. The molecule has 1 aliphatic rings. The summed E-state index contributed by atoms with van der Waals surface area (Å²) in [7, 11) is 0. The van der Waals surface area contributed by atoms with Gasteiger partial charge in [-0.2, -0.15) is 0 Å². The highest BCUT2D eigenvalue weighted by Crippen LogP contribution is 2.39. The Kier molecular flexibility index (Phi) is 7.71. The first-order chi connectivity index (χ1) is 14.1. The van der Waals surface area contributed by atoms with Crippen LogP contribution in [-0.2, 0) is 19.1 Å². The van der Waals surface area contributed by atoms with Crippen molar-refractivity contribution in [3.05, 3.63) is 62.5 Å². The van der Waals surface area contributed by atoms with Crippen molar-refractivity contribution in [1.82, 2.24) is 5.32 Å². The molecule has 0 aliphatic carbocycles. The van der Waals surface area contributed by atoms with Crippen LogP contribution in [0.3, 0.4) is 0 Å². The summed E-state index contributed by atoms with van der Waals surface area (Å²) in [5.41, 5.74) is 0.951. The van der Waals surface area contributed by atoms with Crippen LogP contribution in [0, 0.1) is 16.0 Å². The number of ether oxygens (including phenoxy) is 2. The highest BCUT2D eigenvalue weighted by molar-refractivity contribution is 5.99. The fourth-order valence-electron chi connectivity index (χ4n) is 3.29. The number of carboxylic acids is 1. The summed E-state index contributed by atoms with van der Waals surface area (Å²) in [5, 5.41) is 23.9. The summed E-state index contributed by atoms with van der Waals surface area (Å²) < 4.78 is 10.7. The van der Waals surface area contributed by atoms with E-state index < -0.39 is 22.8 Å². The van der Waals surface area contributed by atoms with Crippen molar-refractivity contribution in [1.29, 1.82) is 0 Å². The Morgan fingerprint density at radius 3 is 2.47 bits per heavy atom. The minimum absolute atomic E-state index is 0.00902. The van der Waals surface area contributed by atoms with E-state index in [-0.39, 0.29) is 30.0 Å². The van der Waals surface area contributed by atoms with E-state index in [1.54, 1.807) is 19.9 Å². The third-order valence-corrected chi connectivity index (χ3v) is 4.54. The number of carboxylic acid groups (broad SMARTS) is 1. The summed E-state index contributed by atoms with van der Waals surface area (Å²) in [4.78, 5) is 35.5. The molecule has 0 aromatic heterocycles. The largest absolute Gasteiger partial charge is 0.478 e. The maximum Gasteiger partial charge on any atom is 0.336 e. The lowest BCUT2D eigenvalue weighted by molar-refractivity contribution is -0.384. The Balaban J connectivity index is 2.37. The van der Waals surface area contributed by atoms with Gasteiger partial charge in [-0.05, 0) is 25.3 Å². The van der Waals surface area contributed by atoms with Crippen molar-refractivity contribution in [2.45, 2.75) is 33.6 Å². The molecule has 0 spiro atoms. The summed E-state index contributed by atoms with van der Waals surface area (Å²) in [6.45, 7) is 7.97. The molecule has 1 heterocycles. The number of allylic oxidation sites excluding steroid dienone is 2. The predicted octanol–water partition coefficient (Wildman–Crippen LogP) is 3.13. The molecule has 1 aromatic rings. The average molecular weight is 418 g/mol. The maximum absolute atomic E-state index is 12.9. The van der Waals surface area contributed by atoms with Gasteiger partial charge in [-0.1, -0.05) is 26.0 Å².